The molecular formula is C18H23NO. The molecule has 0 radical (unpaired) electrons. The summed E-state index contributed by atoms with van der Waals surface area (Å²) >= 11 is 0. The van der Waals surface area contributed by atoms with E-state index in [-0.39, 0.29) is 6.04 Å². The SMILES string of the molecule is Cc1ccc(C(C)C)c(Oc2ccc([C@H](C)N)cc2)c1. The predicted octanol–water partition coefficient (Wildman–Crippen LogP) is 4.93. The van der Waals surface area contributed by atoms with Crippen LogP contribution in [0.15, 0.2) is 42.5 Å². The Hall–Kier alpha value is -1.80. The lowest BCUT2D eigenvalue weighted by Gasteiger charge is -2.15. The van der Waals surface area contributed by atoms with Crippen molar-refractivity contribution in [2.24, 2.45) is 5.73 Å². The number of hydrogen-bond donors (Lipinski definition) is 1. The monoisotopic (exact) mass is 269 g/mol. The van der Waals surface area contributed by atoms with E-state index < -0.39 is 0 Å². The summed E-state index contributed by atoms with van der Waals surface area (Å²) in [7, 11) is 0. The Bertz CT molecular complexity index is 570. The van der Waals surface area contributed by atoms with Crippen molar-refractivity contribution in [2.45, 2.75) is 39.7 Å². The largest absolute Gasteiger partial charge is 0.457 e. The Kier molecular flexibility index (Phi) is 4.46. The van der Waals surface area contributed by atoms with Gasteiger partial charge in [-0.1, -0.05) is 38.1 Å². The molecule has 0 saturated heterocycles. The molecule has 0 spiro atoms. The Labute approximate surface area is 121 Å². The summed E-state index contributed by atoms with van der Waals surface area (Å²) in [5.74, 6) is 2.23. The topological polar surface area (TPSA) is 35.2 Å². The minimum Gasteiger partial charge on any atom is -0.457 e. The maximum absolute atomic E-state index is 6.05. The summed E-state index contributed by atoms with van der Waals surface area (Å²) in [4.78, 5) is 0. The zero-order chi connectivity index (χ0) is 14.7. The lowest BCUT2D eigenvalue weighted by atomic mass is 10.0. The molecule has 1 atom stereocenters. The minimum atomic E-state index is 0.0502. The van der Waals surface area contributed by atoms with Gasteiger partial charge in [0.25, 0.3) is 0 Å². The van der Waals surface area contributed by atoms with Gasteiger partial charge in [-0.2, -0.15) is 0 Å². The molecule has 2 N–H and O–H groups in total. The highest BCUT2D eigenvalue weighted by molar-refractivity contribution is 5.42. The second-order valence-corrected chi connectivity index (χ2v) is 5.66. The zero-order valence-electron chi connectivity index (χ0n) is 12.7. The first-order chi connectivity index (χ1) is 9.47. The molecule has 2 heteroatoms. The summed E-state index contributed by atoms with van der Waals surface area (Å²) in [6.45, 7) is 8.41. The van der Waals surface area contributed by atoms with Crippen molar-refractivity contribution in [3.8, 4) is 11.5 Å². The fourth-order valence-electron chi connectivity index (χ4n) is 2.17. The van der Waals surface area contributed by atoms with Crippen LogP contribution >= 0.6 is 0 Å². The van der Waals surface area contributed by atoms with Crippen LogP contribution in [-0.2, 0) is 0 Å². The standard InChI is InChI=1S/C18H23NO/c1-12(2)17-10-5-13(3)11-18(17)20-16-8-6-15(7-9-16)14(4)19/h5-12,14H,19H2,1-4H3/t14-/m0/s1. The van der Waals surface area contributed by atoms with Crippen LogP contribution in [0.4, 0.5) is 0 Å². The van der Waals surface area contributed by atoms with E-state index in [4.69, 9.17) is 10.5 Å². The summed E-state index contributed by atoms with van der Waals surface area (Å²) in [6.07, 6.45) is 0. The Morgan fingerprint density at radius 3 is 2.15 bits per heavy atom. The van der Waals surface area contributed by atoms with E-state index in [1.807, 2.05) is 31.2 Å². The molecule has 2 aromatic rings. The van der Waals surface area contributed by atoms with Gasteiger partial charge in [0.15, 0.2) is 0 Å². The highest BCUT2D eigenvalue weighted by Gasteiger charge is 2.09. The van der Waals surface area contributed by atoms with Crippen LogP contribution in [0, 0.1) is 6.92 Å². The van der Waals surface area contributed by atoms with E-state index in [1.54, 1.807) is 0 Å². The van der Waals surface area contributed by atoms with Gasteiger partial charge in [-0.15, -0.1) is 0 Å². The van der Waals surface area contributed by atoms with Crippen LogP contribution in [0.25, 0.3) is 0 Å². The first-order valence-electron chi connectivity index (χ1n) is 7.11. The van der Waals surface area contributed by atoms with Crippen molar-refractivity contribution in [1.82, 2.24) is 0 Å². The third-order valence-electron chi connectivity index (χ3n) is 3.42. The van der Waals surface area contributed by atoms with E-state index >= 15 is 0 Å². The molecule has 0 aliphatic heterocycles. The van der Waals surface area contributed by atoms with Gasteiger partial charge in [0.05, 0.1) is 0 Å². The summed E-state index contributed by atoms with van der Waals surface area (Å²) < 4.78 is 6.05. The molecule has 0 heterocycles. The molecule has 0 aliphatic carbocycles. The van der Waals surface area contributed by atoms with Crippen LogP contribution in [0.2, 0.25) is 0 Å². The fraction of sp³-hybridized carbons (Fsp3) is 0.333. The predicted molar refractivity (Wildman–Crippen MR) is 84.4 cm³/mol. The van der Waals surface area contributed by atoms with Crippen LogP contribution in [0.1, 0.15) is 49.4 Å². The van der Waals surface area contributed by atoms with E-state index in [0.29, 0.717) is 5.92 Å². The van der Waals surface area contributed by atoms with Gasteiger partial charge >= 0.3 is 0 Å². The molecule has 0 saturated carbocycles. The lowest BCUT2D eigenvalue weighted by molar-refractivity contribution is 0.472. The van der Waals surface area contributed by atoms with Gasteiger partial charge in [0.1, 0.15) is 11.5 Å². The first-order valence-corrected chi connectivity index (χ1v) is 7.11. The van der Waals surface area contributed by atoms with Crippen LogP contribution in [-0.4, -0.2) is 0 Å². The summed E-state index contributed by atoms with van der Waals surface area (Å²) in [6, 6.07) is 14.4. The molecule has 0 amide bonds. The Balaban J connectivity index is 2.27. The molecule has 0 aromatic heterocycles. The molecule has 2 aromatic carbocycles. The highest BCUT2D eigenvalue weighted by atomic mass is 16.5. The van der Waals surface area contributed by atoms with Gasteiger partial charge in [-0.25, -0.2) is 0 Å². The third kappa shape index (κ3) is 3.40. The van der Waals surface area contributed by atoms with Crippen molar-refractivity contribution in [1.29, 1.82) is 0 Å². The number of aryl methyl sites for hydroxylation is 1. The van der Waals surface area contributed by atoms with Gasteiger partial charge in [-0.05, 0) is 54.7 Å². The number of hydrogen-bond acceptors (Lipinski definition) is 2. The van der Waals surface area contributed by atoms with Crippen molar-refractivity contribution >= 4 is 0 Å². The highest BCUT2D eigenvalue weighted by Crippen LogP contribution is 2.31. The van der Waals surface area contributed by atoms with Gasteiger partial charge in [0.2, 0.25) is 0 Å². The molecule has 0 bridgehead atoms. The molecule has 2 rings (SSSR count). The average Bonchev–Trinajstić information content (AvgIpc) is 2.39. The molecule has 20 heavy (non-hydrogen) atoms. The number of nitrogens with two attached hydrogens (primary N) is 1. The van der Waals surface area contributed by atoms with Gasteiger partial charge in [0, 0.05) is 6.04 Å². The molecule has 2 nitrogen and oxygen atoms in total. The maximum Gasteiger partial charge on any atom is 0.131 e. The van der Waals surface area contributed by atoms with Crippen molar-refractivity contribution in [3.05, 3.63) is 59.2 Å². The minimum absolute atomic E-state index is 0.0502. The molecular weight excluding hydrogens is 246 g/mol. The van der Waals surface area contributed by atoms with E-state index in [1.165, 1.54) is 11.1 Å². The van der Waals surface area contributed by atoms with Crippen LogP contribution in [0.3, 0.4) is 0 Å². The second kappa shape index (κ2) is 6.10. The third-order valence-corrected chi connectivity index (χ3v) is 3.42. The number of rotatable bonds is 4. The molecule has 0 fully saturated rings. The Morgan fingerprint density at radius 2 is 1.60 bits per heavy atom. The van der Waals surface area contributed by atoms with Crippen LogP contribution in [0.5, 0.6) is 11.5 Å². The number of benzene rings is 2. The quantitative estimate of drug-likeness (QED) is 0.854. The van der Waals surface area contributed by atoms with Crippen molar-refractivity contribution < 1.29 is 4.74 Å². The van der Waals surface area contributed by atoms with Crippen molar-refractivity contribution in [2.75, 3.05) is 0 Å². The van der Waals surface area contributed by atoms with Crippen LogP contribution < -0.4 is 10.5 Å². The Morgan fingerprint density at radius 1 is 0.950 bits per heavy atom. The zero-order valence-corrected chi connectivity index (χ0v) is 12.7. The average molecular weight is 269 g/mol. The van der Waals surface area contributed by atoms with Gasteiger partial charge in [-0.3, -0.25) is 0 Å². The lowest BCUT2D eigenvalue weighted by Crippen LogP contribution is -2.04. The van der Waals surface area contributed by atoms with E-state index in [2.05, 4.69) is 39.0 Å². The smallest absolute Gasteiger partial charge is 0.131 e. The maximum atomic E-state index is 6.05. The van der Waals surface area contributed by atoms with E-state index in [9.17, 15) is 0 Å². The normalized spacial score (nSPS) is 12.5. The van der Waals surface area contributed by atoms with Crippen molar-refractivity contribution in [3.63, 3.8) is 0 Å². The summed E-state index contributed by atoms with van der Waals surface area (Å²) in [5, 5.41) is 0. The summed E-state index contributed by atoms with van der Waals surface area (Å²) in [5.41, 5.74) is 9.41. The first kappa shape index (κ1) is 14.6. The molecule has 106 valence electrons. The molecule has 0 unspecified atom stereocenters. The van der Waals surface area contributed by atoms with E-state index in [0.717, 1.165) is 17.1 Å². The fourth-order valence-corrected chi connectivity index (χ4v) is 2.17. The van der Waals surface area contributed by atoms with Gasteiger partial charge < -0.3 is 10.5 Å². The molecule has 0 aliphatic rings. The second-order valence-electron chi connectivity index (χ2n) is 5.66. The number of ether oxygens (including phenoxy) is 1.